The minimum absolute atomic E-state index is 0.126. The number of nitrogens with two attached hydrogens (primary N) is 1. The molecule has 0 aromatic heterocycles. The summed E-state index contributed by atoms with van der Waals surface area (Å²) in [6.45, 7) is 9.24. The van der Waals surface area contributed by atoms with E-state index >= 15 is 0 Å². The van der Waals surface area contributed by atoms with Crippen LogP contribution in [0.15, 0.2) is 0 Å². The Balaban J connectivity index is 3.21. The van der Waals surface area contributed by atoms with Crippen molar-refractivity contribution in [2.45, 2.75) is 39.4 Å². The van der Waals surface area contributed by atoms with Gasteiger partial charge in [0.25, 0.3) is 0 Å². The summed E-state index contributed by atoms with van der Waals surface area (Å²) in [4.78, 5) is 0. The highest BCUT2D eigenvalue weighted by molar-refractivity contribution is 4.57. The van der Waals surface area contributed by atoms with Gasteiger partial charge in [-0.05, 0) is 27.2 Å². The lowest BCUT2D eigenvalue weighted by atomic mass is 10.2. The Morgan fingerprint density at radius 3 is 2.33 bits per heavy atom. The summed E-state index contributed by atoms with van der Waals surface area (Å²) in [5, 5.41) is 0. The van der Waals surface area contributed by atoms with Gasteiger partial charge >= 0.3 is 0 Å². The van der Waals surface area contributed by atoms with Gasteiger partial charge in [-0.3, -0.25) is 0 Å². The van der Waals surface area contributed by atoms with Crippen LogP contribution in [-0.4, -0.2) is 45.2 Å². The van der Waals surface area contributed by atoms with E-state index in [1.165, 1.54) is 0 Å². The highest BCUT2D eigenvalue weighted by Gasteiger charge is 2.05. The fraction of sp³-hybridized carbons (Fsp3) is 1.00. The molecule has 0 spiro atoms. The van der Waals surface area contributed by atoms with Gasteiger partial charge in [0.05, 0.1) is 25.4 Å². The van der Waals surface area contributed by atoms with Crippen molar-refractivity contribution in [3.8, 4) is 0 Å². The standard InChI is InChI=1S/C11H25NO3/c1-4-14-11(9-12)5-6-13-7-8-15-10(2)3/h10-11H,4-9,12H2,1-3H3. The summed E-state index contributed by atoms with van der Waals surface area (Å²) in [6, 6.07) is 0. The molecule has 0 bridgehead atoms. The summed E-state index contributed by atoms with van der Waals surface area (Å²) in [7, 11) is 0. The van der Waals surface area contributed by atoms with Crippen molar-refractivity contribution >= 4 is 0 Å². The molecule has 0 rings (SSSR count). The monoisotopic (exact) mass is 219 g/mol. The topological polar surface area (TPSA) is 53.7 Å². The highest BCUT2D eigenvalue weighted by Crippen LogP contribution is 1.97. The Morgan fingerprint density at radius 2 is 1.80 bits per heavy atom. The summed E-state index contributed by atoms with van der Waals surface area (Å²) in [6.07, 6.45) is 1.25. The second-order valence-corrected chi connectivity index (χ2v) is 3.63. The molecule has 0 aliphatic rings. The van der Waals surface area contributed by atoms with Crippen molar-refractivity contribution in [3.05, 3.63) is 0 Å². The van der Waals surface area contributed by atoms with E-state index in [2.05, 4.69) is 0 Å². The van der Waals surface area contributed by atoms with E-state index < -0.39 is 0 Å². The Morgan fingerprint density at radius 1 is 1.07 bits per heavy atom. The SMILES string of the molecule is CCOC(CN)CCOCCOC(C)C. The number of hydrogen-bond acceptors (Lipinski definition) is 4. The molecule has 0 heterocycles. The van der Waals surface area contributed by atoms with Gasteiger partial charge in [-0.15, -0.1) is 0 Å². The van der Waals surface area contributed by atoms with Crippen molar-refractivity contribution in [2.24, 2.45) is 5.73 Å². The van der Waals surface area contributed by atoms with E-state index in [1.54, 1.807) is 0 Å². The molecule has 1 atom stereocenters. The predicted octanol–water partition coefficient (Wildman–Crippen LogP) is 1.18. The predicted molar refractivity (Wildman–Crippen MR) is 61.0 cm³/mol. The van der Waals surface area contributed by atoms with Crippen molar-refractivity contribution in [1.82, 2.24) is 0 Å². The molecule has 15 heavy (non-hydrogen) atoms. The smallest absolute Gasteiger partial charge is 0.0719 e. The van der Waals surface area contributed by atoms with Gasteiger partial charge in [-0.1, -0.05) is 0 Å². The third-order valence-corrected chi connectivity index (χ3v) is 1.93. The van der Waals surface area contributed by atoms with Crippen molar-refractivity contribution in [3.63, 3.8) is 0 Å². The van der Waals surface area contributed by atoms with Gasteiger partial charge in [0.2, 0.25) is 0 Å². The van der Waals surface area contributed by atoms with Crippen molar-refractivity contribution in [2.75, 3.05) is 33.0 Å². The van der Waals surface area contributed by atoms with Crippen LogP contribution in [-0.2, 0) is 14.2 Å². The Hall–Kier alpha value is -0.160. The molecule has 0 saturated heterocycles. The maximum absolute atomic E-state index is 5.53. The molecule has 0 aliphatic carbocycles. The lowest BCUT2D eigenvalue weighted by Gasteiger charge is -2.14. The molecule has 92 valence electrons. The van der Waals surface area contributed by atoms with Gasteiger partial charge in [-0.25, -0.2) is 0 Å². The molecule has 0 aromatic rings. The zero-order valence-electron chi connectivity index (χ0n) is 10.2. The Kier molecular flexibility index (Phi) is 10.3. The number of rotatable bonds is 10. The summed E-state index contributed by atoms with van der Waals surface area (Å²) in [5.41, 5.74) is 5.53. The number of ether oxygens (including phenoxy) is 3. The first-order valence-corrected chi connectivity index (χ1v) is 5.71. The fourth-order valence-electron chi connectivity index (χ4n) is 1.16. The second-order valence-electron chi connectivity index (χ2n) is 3.63. The molecular weight excluding hydrogens is 194 g/mol. The Labute approximate surface area is 93.1 Å². The van der Waals surface area contributed by atoms with Gasteiger partial charge in [-0.2, -0.15) is 0 Å². The molecule has 0 saturated carbocycles. The molecule has 2 N–H and O–H groups in total. The van der Waals surface area contributed by atoms with Crippen LogP contribution in [0.2, 0.25) is 0 Å². The largest absolute Gasteiger partial charge is 0.379 e. The van der Waals surface area contributed by atoms with Crippen LogP contribution in [0.3, 0.4) is 0 Å². The molecule has 4 nitrogen and oxygen atoms in total. The van der Waals surface area contributed by atoms with E-state index in [9.17, 15) is 0 Å². The second kappa shape index (κ2) is 10.4. The third kappa shape index (κ3) is 10.1. The summed E-state index contributed by atoms with van der Waals surface area (Å²) < 4.78 is 16.1. The molecule has 4 heteroatoms. The average Bonchev–Trinajstić information content (AvgIpc) is 2.21. The molecule has 1 unspecified atom stereocenters. The first-order chi connectivity index (χ1) is 7.20. The van der Waals surface area contributed by atoms with E-state index in [4.69, 9.17) is 19.9 Å². The lowest BCUT2D eigenvalue weighted by molar-refractivity contribution is -0.000232. The Bertz CT molecular complexity index is 131. The van der Waals surface area contributed by atoms with Crippen LogP contribution in [0.25, 0.3) is 0 Å². The zero-order valence-corrected chi connectivity index (χ0v) is 10.2. The fourth-order valence-corrected chi connectivity index (χ4v) is 1.16. The van der Waals surface area contributed by atoms with Gasteiger partial charge in [0, 0.05) is 19.8 Å². The van der Waals surface area contributed by atoms with Crippen LogP contribution in [0.5, 0.6) is 0 Å². The lowest BCUT2D eigenvalue weighted by Crippen LogP contribution is -2.25. The minimum atomic E-state index is 0.126. The van der Waals surface area contributed by atoms with Crippen LogP contribution in [0, 0.1) is 0 Å². The first kappa shape index (κ1) is 14.8. The van der Waals surface area contributed by atoms with Crippen LogP contribution in [0.4, 0.5) is 0 Å². The van der Waals surface area contributed by atoms with Gasteiger partial charge in [0.1, 0.15) is 0 Å². The van der Waals surface area contributed by atoms with E-state index in [0.717, 1.165) is 6.42 Å². The quantitative estimate of drug-likeness (QED) is 0.561. The molecule has 0 amide bonds. The summed E-state index contributed by atoms with van der Waals surface area (Å²) >= 11 is 0. The van der Waals surface area contributed by atoms with Crippen molar-refractivity contribution < 1.29 is 14.2 Å². The third-order valence-electron chi connectivity index (χ3n) is 1.93. The van der Waals surface area contributed by atoms with E-state index in [0.29, 0.717) is 33.0 Å². The van der Waals surface area contributed by atoms with Gasteiger partial charge < -0.3 is 19.9 Å². The highest BCUT2D eigenvalue weighted by atomic mass is 16.5. The number of hydrogen-bond donors (Lipinski definition) is 1. The zero-order chi connectivity index (χ0) is 11.5. The maximum Gasteiger partial charge on any atom is 0.0719 e. The normalized spacial score (nSPS) is 13.4. The molecular formula is C11H25NO3. The average molecular weight is 219 g/mol. The van der Waals surface area contributed by atoms with Gasteiger partial charge in [0.15, 0.2) is 0 Å². The molecule has 0 aromatic carbocycles. The van der Waals surface area contributed by atoms with Crippen LogP contribution in [0.1, 0.15) is 27.2 Å². The van der Waals surface area contributed by atoms with Crippen LogP contribution >= 0.6 is 0 Å². The van der Waals surface area contributed by atoms with Crippen molar-refractivity contribution in [1.29, 1.82) is 0 Å². The minimum Gasteiger partial charge on any atom is -0.379 e. The maximum atomic E-state index is 5.53. The molecule has 0 radical (unpaired) electrons. The van der Waals surface area contributed by atoms with Crippen LogP contribution < -0.4 is 5.73 Å². The van der Waals surface area contributed by atoms with E-state index in [1.807, 2.05) is 20.8 Å². The molecule has 0 aliphatic heterocycles. The molecule has 0 fully saturated rings. The summed E-state index contributed by atoms with van der Waals surface area (Å²) in [5.74, 6) is 0. The van der Waals surface area contributed by atoms with E-state index in [-0.39, 0.29) is 12.2 Å². The first-order valence-electron chi connectivity index (χ1n) is 5.71.